The van der Waals surface area contributed by atoms with Crippen LogP contribution >= 0.6 is 12.8 Å². The molecule has 0 saturated heterocycles. The first-order valence-electron chi connectivity index (χ1n) is 6.90. The van der Waals surface area contributed by atoms with Crippen molar-refractivity contribution in [2.75, 3.05) is 6.54 Å². The normalized spacial score (nSPS) is 10.9. The van der Waals surface area contributed by atoms with Gasteiger partial charge in [0.15, 0.2) is 0 Å². The van der Waals surface area contributed by atoms with Crippen LogP contribution in [0.15, 0.2) is 18.3 Å². The lowest BCUT2D eigenvalue weighted by molar-refractivity contribution is 0.568. The highest BCUT2D eigenvalue weighted by Crippen LogP contribution is 2.12. The van der Waals surface area contributed by atoms with E-state index in [4.69, 9.17) is 5.73 Å². The van der Waals surface area contributed by atoms with E-state index in [1.54, 1.807) is 0 Å². The van der Waals surface area contributed by atoms with Gasteiger partial charge in [-0.05, 0) is 37.9 Å². The first-order chi connectivity index (χ1) is 8.34. The van der Waals surface area contributed by atoms with Gasteiger partial charge in [0.2, 0.25) is 0 Å². The van der Waals surface area contributed by atoms with Crippen LogP contribution in [0.5, 0.6) is 0 Å². The molecule has 0 aliphatic heterocycles. The number of nitrogens with two attached hydrogens (primary N) is 1. The molecule has 2 N–H and O–H groups in total. The molecule has 17 heavy (non-hydrogen) atoms. The van der Waals surface area contributed by atoms with Crippen molar-refractivity contribution in [1.82, 2.24) is 3.97 Å². The van der Waals surface area contributed by atoms with Crippen molar-refractivity contribution < 1.29 is 0 Å². The molecule has 98 valence electrons. The zero-order chi connectivity index (χ0) is 12.3. The minimum Gasteiger partial charge on any atom is -0.330 e. The molecule has 0 radical (unpaired) electrons. The number of aryl methyl sites for hydroxylation is 1. The van der Waals surface area contributed by atoms with Crippen LogP contribution in [0.4, 0.5) is 0 Å². The lowest BCUT2D eigenvalue weighted by Gasteiger charge is -2.03. The van der Waals surface area contributed by atoms with Gasteiger partial charge in [0.1, 0.15) is 0 Å². The first-order valence-corrected chi connectivity index (χ1v) is 7.30. The maximum atomic E-state index is 5.46. The summed E-state index contributed by atoms with van der Waals surface area (Å²) in [5.74, 6) is 0. The van der Waals surface area contributed by atoms with E-state index >= 15 is 0 Å². The highest BCUT2D eigenvalue weighted by molar-refractivity contribution is 7.78. The number of hydrogen-bond acceptors (Lipinski definition) is 2. The molecular formula is C14H26N2S. The molecule has 2 nitrogen and oxygen atoms in total. The quantitative estimate of drug-likeness (QED) is 0.483. The monoisotopic (exact) mass is 254 g/mol. The van der Waals surface area contributed by atoms with Crippen molar-refractivity contribution in [2.24, 2.45) is 5.73 Å². The van der Waals surface area contributed by atoms with Crippen LogP contribution in [0.1, 0.15) is 57.1 Å². The molecule has 0 fully saturated rings. The minimum atomic E-state index is 0.851. The molecule has 1 heterocycles. The number of thiol groups is 1. The Labute approximate surface area is 111 Å². The number of hydrogen-bond donors (Lipinski definition) is 2. The second kappa shape index (κ2) is 9.60. The summed E-state index contributed by atoms with van der Waals surface area (Å²) < 4.78 is 1.92. The van der Waals surface area contributed by atoms with Crippen molar-refractivity contribution in [1.29, 1.82) is 0 Å². The van der Waals surface area contributed by atoms with E-state index in [1.165, 1.54) is 57.1 Å². The average molecular weight is 254 g/mol. The largest absolute Gasteiger partial charge is 0.330 e. The average Bonchev–Trinajstić information content (AvgIpc) is 2.73. The number of unbranched alkanes of at least 4 members (excludes halogenated alkanes) is 7. The van der Waals surface area contributed by atoms with E-state index in [2.05, 4.69) is 24.9 Å². The van der Waals surface area contributed by atoms with E-state index in [1.807, 2.05) is 10.2 Å². The van der Waals surface area contributed by atoms with Gasteiger partial charge in [0, 0.05) is 11.9 Å². The van der Waals surface area contributed by atoms with Gasteiger partial charge in [-0.3, -0.25) is 3.97 Å². The third-order valence-corrected chi connectivity index (χ3v) is 3.59. The molecule has 0 bridgehead atoms. The fourth-order valence-electron chi connectivity index (χ4n) is 2.12. The van der Waals surface area contributed by atoms with E-state index in [0.29, 0.717) is 0 Å². The van der Waals surface area contributed by atoms with Gasteiger partial charge < -0.3 is 5.73 Å². The molecule has 3 heteroatoms. The number of aromatic nitrogens is 1. The van der Waals surface area contributed by atoms with E-state index < -0.39 is 0 Å². The summed E-state index contributed by atoms with van der Waals surface area (Å²) in [6, 6.07) is 4.21. The predicted molar refractivity (Wildman–Crippen MR) is 78.5 cm³/mol. The van der Waals surface area contributed by atoms with Gasteiger partial charge in [-0.15, -0.1) is 0 Å². The highest BCUT2D eigenvalue weighted by Gasteiger charge is 1.97. The maximum absolute atomic E-state index is 5.46. The zero-order valence-corrected chi connectivity index (χ0v) is 11.7. The minimum absolute atomic E-state index is 0.851. The molecule has 1 aromatic heterocycles. The van der Waals surface area contributed by atoms with Crippen LogP contribution in [-0.2, 0) is 6.42 Å². The van der Waals surface area contributed by atoms with Gasteiger partial charge in [0.05, 0.1) is 0 Å². The summed E-state index contributed by atoms with van der Waals surface area (Å²) in [4.78, 5) is 0. The Morgan fingerprint density at radius 1 is 0.941 bits per heavy atom. The third kappa shape index (κ3) is 6.79. The van der Waals surface area contributed by atoms with Crippen LogP contribution < -0.4 is 5.73 Å². The van der Waals surface area contributed by atoms with Crippen molar-refractivity contribution in [3.05, 3.63) is 24.0 Å². The fraction of sp³-hybridized carbons (Fsp3) is 0.714. The number of nitrogens with zero attached hydrogens (tertiary/aromatic N) is 1. The van der Waals surface area contributed by atoms with Crippen LogP contribution in [0.25, 0.3) is 0 Å². The van der Waals surface area contributed by atoms with E-state index in [0.717, 1.165) is 13.0 Å². The predicted octanol–water partition coefficient (Wildman–Crippen LogP) is 3.80. The summed E-state index contributed by atoms with van der Waals surface area (Å²) in [6.07, 6.45) is 13.8. The summed E-state index contributed by atoms with van der Waals surface area (Å²) in [5, 5.41) is 0. The summed E-state index contributed by atoms with van der Waals surface area (Å²) in [5.41, 5.74) is 6.79. The van der Waals surface area contributed by atoms with Crippen molar-refractivity contribution >= 4 is 12.8 Å². The highest BCUT2D eigenvalue weighted by atomic mass is 32.1. The standard InChI is InChI=1S/C14H26N2S/c15-12-8-6-4-2-1-3-5-7-10-14-11-9-13-16(14)17/h9,11,13,17H,1-8,10,12,15H2. The maximum Gasteiger partial charge on any atom is 0.0290 e. The van der Waals surface area contributed by atoms with Gasteiger partial charge in [0.25, 0.3) is 0 Å². The van der Waals surface area contributed by atoms with Crippen molar-refractivity contribution in [3.63, 3.8) is 0 Å². The third-order valence-electron chi connectivity index (χ3n) is 3.20. The molecule has 0 aliphatic carbocycles. The summed E-state index contributed by atoms with van der Waals surface area (Å²) in [7, 11) is 0. The molecule has 1 aromatic rings. The Bertz CT molecular complexity index is 284. The molecule has 0 saturated carbocycles. The Balaban J connectivity index is 1.86. The topological polar surface area (TPSA) is 30.9 Å². The lowest BCUT2D eigenvalue weighted by atomic mass is 10.1. The molecule has 0 unspecified atom stereocenters. The van der Waals surface area contributed by atoms with E-state index in [-0.39, 0.29) is 0 Å². The molecule has 0 spiro atoms. The van der Waals surface area contributed by atoms with Crippen LogP contribution in [0, 0.1) is 0 Å². The Kier molecular flexibility index (Phi) is 8.28. The van der Waals surface area contributed by atoms with Gasteiger partial charge >= 0.3 is 0 Å². The van der Waals surface area contributed by atoms with Gasteiger partial charge in [-0.25, -0.2) is 0 Å². The molecule has 0 aromatic carbocycles. The fourth-order valence-corrected chi connectivity index (χ4v) is 2.36. The second-order valence-electron chi connectivity index (χ2n) is 4.71. The van der Waals surface area contributed by atoms with Crippen LogP contribution in [-0.4, -0.2) is 10.5 Å². The summed E-state index contributed by atoms with van der Waals surface area (Å²) >= 11 is 4.35. The lowest BCUT2D eigenvalue weighted by Crippen LogP contribution is -1.97. The molecular weight excluding hydrogens is 228 g/mol. The summed E-state index contributed by atoms with van der Waals surface area (Å²) in [6.45, 7) is 0.851. The smallest absolute Gasteiger partial charge is 0.0290 e. The van der Waals surface area contributed by atoms with Crippen LogP contribution in [0.3, 0.4) is 0 Å². The molecule has 0 aliphatic rings. The van der Waals surface area contributed by atoms with Gasteiger partial charge in [-0.1, -0.05) is 51.3 Å². The first kappa shape index (κ1) is 14.7. The Morgan fingerprint density at radius 3 is 2.06 bits per heavy atom. The van der Waals surface area contributed by atoms with Crippen molar-refractivity contribution in [3.8, 4) is 0 Å². The molecule has 0 amide bonds. The van der Waals surface area contributed by atoms with E-state index in [9.17, 15) is 0 Å². The Hall–Kier alpha value is -0.410. The molecule has 0 atom stereocenters. The molecule has 1 rings (SSSR count). The van der Waals surface area contributed by atoms with Crippen molar-refractivity contribution in [2.45, 2.75) is 57.8 Å². The second-order valence-corrected chi connectivity index (χ2v) is 5.14. The zero-order valence-electron chi connectivity index (χ0n) is 10.8. The van der Waals surface area contributed by atoms with Crippen LogP contribution in [0.2, 0.25) is 0 Å². The SMILES string of the molecule is NCCCCCCCCCCc1cccn1S. The number of rotatable bonds is 10. The van der Waals surface area contributed by atoms with Gasteiger partial charge in [-0.2, -0.15) is 0 Å². The Morgan fingerprint density at radius 2 is 1.53 bits per heavy atom.